The van der Waals surface area contributed by atoms with E-state index >= 15 is 0 Å². The molecule has 2 saturated heterocycles. The molecule has 0 spiro atoms. The molecule has 148 valence electrons. The number of alkyl halides is 1. The molecule has 4 heterocycles. The standard InChI is InChI=1S/C19H22FN5O3/c1-4-12-14-15(28-19(2,3)27-14)18(26-12)25-9-23-13-16(21-8-22-17(13)25)24-11-6-5-10(20)7-11/h1,8-12,14-15,18H,5-7H2,2-3H3,(H,21,22,24). The largest absolute Gasteiger partial charge is 0.365 e. The Morgan fingerprint density at radius 3 is 2.82 bits per heavy atom. The Bertz CT molecular complexity index is 941. The van der Waals surface area contributed by atoms with Gasteiger partial charge >= 0.3 is 0 Å². The number of halogens is 1. The molecule has 1 saturated carbocycles. The van der Waals surface area contributed by atoms with Gasteiger partial charge in [0.2, 0.25) is 0 Å². The lowest BCUT2D eigenvalue weighted by molar-refractivity contribution is -0.190. The second-order valence-electron chi connectivity index (χ2n) is 7.98. The number of nitrogens with zero attached hydrogens (tertiary/aromatic N) is 4. The van der Waals surface area contributed by atoms with Crippen LogP contribution in [0.3, 0.4) is 0 Å². The van der Waals surface area contributed by atoms with Crippen LogP contribution in [0.1, 0.15) is 39.3 Å². The van der Waals surface area contributed by atoms with Gasteiger partial charge in [0.05, 0.1) is 6.33 Å². The van der Waals surface area contributed by atoms with E-state index in [1.165, 1.54) is 6.33 Å². The van der Waals surface area contributed by atoms with Gasteiger partial charge in [-0.15, -0.1) is 6.42 Å². The molecule has 2 aromatic rings. The average Bonchev–Trinajstić information content (AvgIpc) is 3.38. The van der Waals surface area contributed by atoms with Crippen LogP contribution < -0.4 is 5.32 Å². The van der Waals surface area contributed by atoms with E-state index in [-0.39, 0.29) is 18.2 Å². The Balaban J connectivity index is 1.47. The van der Waals surface area contributed by atoms with Crippen LogP contribution in [0.15, 0.2) is 12.7 Å². The zero-order valence-electron chi connectivity index (χ0n) is 15.7. The molecule has 9 heteroatoms. The number of anilines is 1. The Morgan fingerprint density at radius 1 is 1.25 bits per heavy atom. The van der Waals surface area contributed by atoms with E-state index in [2.05, 4.69) is 26.2 Å². The molecule has 28 heavy (non-hydrogen) atoms. The molecule has 5 rings (SSSR count). The van der Waals surface area contributed by atoms with Crippen LogP contribution in [0.4, 0.5) is 10.2 Å². The number of fused-ring (bicyclic) bond motifs is 2. The Kier molecular flexibility index (Phi) is 4.05. The second kappa shape index (κ2) is 6.37. The highest BCUT2D eigenvalue weighted by molar-refractivity contribution is 5.82. The molecule has 6 unspecified atom stereocenters. The van der Waals surface area contributed by atoms with Crippen LogP contribution in [0.25, 0.3) is 11.2 Å². The predicted octanol–water partition coefficient (Wildman–Crippen LogP) is 2.18. The van der Waals surface area contributed by atoms with Crippen LogP contribution in [-0.2, 0) is 14.2 Å². The van der Waals surface area contributed by atoms with E-state index < -0.39 is 24.3 Å². The summed E-state index contributed by atoms with van der Waals surface area (Å²) in [6.07, 6.45) is 8.03. The van der Waals surface area contributed by atoms with E-state index in [1.807, 2.05) is 13.8 Å². The zero-order valence-corrected chi connectivity index (χ0v) is 15.7. The molecule has 0 aromatic carbocycles. The van der Waals surface area contributed by atoms with Crippen molar-refractivity contribution in [1.82, 2.24) is 19.5 Å². The highest BCUT2D eigenvalue weighted by atomic mass is 19.1. The summed E-state index contributed by atoms with van der Waals surface area (Å²) in [5.74, 6) is 2.49. The Labute approximate surface area is 161 Å². The number of ether oxygens (including phenoxy) is 3. The quantitative estimate of drug-likeness (QED) is 0.808. The minimum absolute atomic E-state index is 0.0450. The minimum Gasteiger partial charge on any atom is -0.365 e. The van der Waals surface area contributed by atoms with E-state index in [4.69, 9.17) is 20.6 Å². The topological polar surface area (TPSA) is 83.3 Å². The first-order valence-electron chi connectivity index (χ1n) is 9.50. The maximum Gasteiger partial charge on any atom is 0.167 e. The Hall–Kier alpha value is -2.28. The molecule has 0 amide bonds. The van der Waals surface area contributed by atoms with Crippen molar-refractivity contribution in [3.05, 3.63) is 12.7 Å². The van der Waals surface area contributed by atoms with Crippen molar-refractivity contribution in [3.63, 3.8) is 0 Å². The fraction of sp³-hybridized carbons (Fsp3) is 0.632. The molecule has 1 N–H and O–H groups in total. The lowest BCUT2D eigenvalue weighted by Gasteiger charge is -2.23. The smallest absolute Gasteiger partial charge is 0.167 e. The van der Waals surface area contributed by atoms with Gasteiger partial charge in [0.15, 0.2) is 29.0 Å². The fourth-order valence-corrected chi connectivity index (χ4v) is 4.33. The number of terminal acetylenes is 1. The average molecular weight is 387 g/mol. The normalized spacial score (nSPS) is 36.5. The molecular weight excluding hydrogens is 365 g/mol. The van der Waals surface area contributed by atoms with Crippen LogP contribution >= 0.6 is 0 Å². The van der Waals surface area contributed by atoms with Crippen LogP contribution in [-0.4, -0.2) is 55.8 Å². The maximum absolute atomic E-state index is 13.5. The summed E-state index contributed by atoms with van der Waals surface area (Å²) in [5.41, 5.74) is 1.20. The first kappa shape index (κ1) is 17.8. The van der Waals surface area contributed by atoms with Crippen molar-refractivity contribution >= 4 is 17.0 Å². The molecule has 0 radical (unpaired) electrons. The summed E-state index contributed by atoms with van der Waals surface area (Å²) in [6, 6.07) is 0.0450. The summed E-state index contributed by atoms with van der Waals surface area (Å²) in [7, 11) is 0. The molecule has 0 bridgehead atoms. The summed E-state index contributed by atoms with van der Waals surface area (Å²) >= 11 is 0. The minimum atomic E-state index is -0.764. The molecule has 2 aliphatic heterocycles. The number of nitrogens with one attached hydrogen (secondary N) is 1. The highest BCUT2D eigenvalue weighted by Crippen LogP contribution is 2.43. The van der Waals surface area contributed by atoms with E-state index in [0.717, 1.165) is 6.42 Å². The Morgan fingerprint density at radius 2 is 2.07 bits per heavy atom. The zero-order chi connectivity index (χ0) is 19.5. The second-order valence-corrected chi connectivity index (χ2v) is 7.98. The van der Waals surface area contributed by atoms with Gasteiger partial charge in [-0.25, -0.2) is 19.3 Å². The van der Waals surface area contributed by atoms with Crippen molar-refractivity contribution in [3.8, 4) is 12.3 Å². The molecule has 3 fully saturated rings. The van der Waals surface area contributed by atoms with Gasteiger partial charge in [0.1, 0.15) is 30.8 Å². The predicted molar refractivity (Wildman–Crippen MR) is 98.0 cm³/mol. The highest BCUT2D eigenvalue weighted by Gasteiger charge is 2.55. The monoisotopic (exact) mass is 387 g/mol. The van der Waals surface area contributed by atoms with E-state index in [0.29, 0.717) is 29.8 Å². The lowest BCUT2D eigenvalue weighted by Crippen LogP contribution is -2.28. The number of aromatic nitrogens is 4. The number of hydrogen-bond acceptors (Lipinski definition) is 7. The number of rotatable bonds is 3. The van der Waals surface area contributed by atoms with Crippen LogP contribution in [0.5, 0.6) is 0 Å². The summed E-state index contributed by atoms with van der Waals surface area (Å²) in [6.45, 7) is 3.71. The fourth-order valence-electron chi connectivity index (χ4n) is 4.33. The van der Waals surface area contributed by atoms with Crippen LogP contribution in [0, 0.1) is 12.3 Å². The summed E-state index contributed by atoms with van der Waals surface area (Å²) in [4.78, 5) is 13.2. The van der Waals surface area contributed by atoms with Crippen molar-refractivity contribution in [1.29, 1.82) is 0 Å². The van der Waals surface area contributed by atoms with Crippen LogP contribution in [0.2, 0.25) is 0 Å². The van der Waals surface area contributed by atoms with Crippen molar-refractivity contribution in [2.45, 2.75) is 75.7 Å². The van der Waals surface area contributed by atoms with Gasteiger partial charge in [-0.1, -0.05) is 5.92 Å². The maximum atomic E-state index is 13.5. The van der Waals surface area contributed by atoms with E-state index in [1.54, 1.807) is 10.9 Å². The third-order valence-electron chi connectivity index (χ3n) is 5.54. The molecular formula is C19H22FN5O3. The summed E-state index contributed by atoms with van der Waals surface area (Å²) < 4.78 is 33.3. The van der Waals surface area contributed by atoms with Crippen molar-refractivity contribution in [2.75, 3.05) is 5.32 Å². The molecule has 8 nitrogen and oxygen atoms in total. The lowest BCUT2D eigenvalue weighted by atomic mass is 10.1. The van der Waals surface area contributed by atoms with Gasteiger partial charge in [-0.05, 0) is 33.1 Å². The summed E-state index contributed by atoms with van der Waals surface area (Å²) in [5, 5.41) is 3.30. The van der Waals surface area contributed by atoms with Gasteiger partial charge in [-0.3, -0.25) is 4.57 Å². The van der Waals surface area contributed by atoms with Gasteiger partial charge in [0, 0.05) is 6.04 Å². The number of hydrogen-bond donors (Lipinski definition) is 1. The van der Waals surface area contributed by atoms with E-state index in [9.17, 15) is 4.39 Å². The van der Waals surface area contributed by atoms with Crippen molar-refractivity contribution in [2.24, 2.45) is 0 Å². The van der Waals surface area contributed by atoms with Gasteiger partial charge in [-0.2, -0.15) is 0 Å². The number of imidazole rings is 1. The first-order chi connectivity index (χ1) is 13.4. The molecule has 6 atom stereocenters. The van der Waals surface area contributed by atoms with Gasteiger partial charge < -0.3 is 19.5 Å². The third-order valence-corrected chi connectivity index (χ3v) is 5.54. The SMILES string of the molecule is C#CC1OC(n2cnc3c(NC4CCC(F)C4)ncnc32)C2OC(C)(C)OC12. The third kappa shape index (κ3) is 2.83. The van der Waals surface area contributed by atoms with Crippen molar-refractivity contribution < 1.29 is 18.6 Å². The molecule has 3 aliphatic rings. The van der Waals surface area contributed by atoms with Gasteiger partial charge in [0.25, 0.3) is 0 Å². The first-order valence-corrected chi connectivity index (χ1v) is 9.50. The molecule has 1 aliphatic carbocycles. The molecule has 2 aromatic heterocycles.